The van der Waals surface area contributed by atoms with Crippen molar-refractivity contribution in [3.63, 3.8) is 0 Å². The molecule has 0 radical (unpaired) electrons. The number of aliphatic imine (C=N–C) groups is 1. The number of halogens is 3. The summed E-state index contributed by atoms with van der Waals surface area (Å²) in [5.74, 6) is 0. The average molecular weight is 486 g/mol. The van der Waals surface area contributed by atoms with E-state index in [4.69, 9.17) is 9.47 Å². The molecule has 1 aromatic rings. The molecule has 8 heteroatoms. The molecule has 168 valence electrons. The van der Waals surface area contributed by atoms with Crippen LogP contribution < -0.4 is 0 Å². The van der Waals surface area contributed by atoms with E-state index in [1.54, 1.807) is 0 Å². The number of allylic oxidation sites excluding steroid dienone is 8. The summed E-state index contributed by atoms with van der Waals surface area (Å²) in [4.78, 5) is 6.45. The van der Waals surface area contributed by atoms with Crippen LogP contribution in [0, 0.1) is 0 Å². The Labute approximate surface area is 197 Å². The topological polar surface area (TPSA) is 30.8 Å². The van der Waals surface area contributed by atoms with Crippen molar-refractivity contribution in [2.45, 2.75) is 18.9 Å². The molecule has 1 aromatic carbocycles. The normalized spacial score (nSPS) is 22.9. The molecule has 0 spiro atoms. The lowest BCUT2D eigenvalue weighted by atomic mass is 10.1. The molecule has 3 aliphatic heterocycles. The van der Waals surface area contributed by atoms with Gasteiger partial charge >= 0.3 is 6.18 Å². The minimum absolute atomic E-state index is 0.220. The molecule has 6 rings (SSSR count). The second-order valence-corrected chi connectivity index (χ2v) is 9.97. The lowest BCUT2D eigenvalue weighted by molar-refractivity contribution is -0.0882. The van der Waals surface area contributed by atoms with Gasteiger partial charge in [-0.1, -0.05) is 59.9 Å². The number of hydrogen-bond donors (Lipinski definition) is 0. The molecule has 5 aliphatic rings. The van der Waals surface area contributed by atoms with Crippen molar-refractivity contribution in [3.8, 4) is 0 Å². The van der Waals surface area contributed by atoms with Gasteiger partial charge in [0.1, 0.15) is 5.04 Å². The molecule has 0 N–H and O–H groups in total. The first-order valence-electron chi connectivity index (χ1n) is 10.5. The maximum absolute atomic E-state index is 13.8. The fraction of sp³-hybridized carbons (Fsp3) is 0.240. The summed E-state index contributed by atoms with van der Waals surface area (Å²) in [5, 5.41) is 2.73. The van der Waals surface area contributed by atoms with E-state index in [9.17, 15) is 13.2 Å². The smallest absolute Gasteiger partial charge is 0.346 e. The van der Waals surface area contributed by atoms with Gasteiger partial charge < -0.3 is 9.47 Å². The third kappa shape index (κ3) is 3.89. The first kappa shape index (κ1) is 21.3. The van der Waals surface area contributed by atoms with Gasteiger partial charge in [-0.3, -0.25) is 4.99 Å². The van der Waals surface area contributed by atoms with E-state index in [0.717, 1.165) is 37.1 Å². The van der Waals surface area contributed by atoms with Crippen LogP contribution in [0.25, 0.3) is 0 Å². The molecule has 3 nitrogen and oxygen atoms in total. The summed E-state index contributed by atoms with van der Waals surface area (Å²) >= 11 is 2.95. The number of hydrogen-bond acceptors (Lipinski definition) is 5. The predicted molar refractivity (Wildman–Crippen MR) is 126 cm³/mol. The maximum Gasteiger partial charge on any atom is 0.416 e. The van der Waals surface area contributed by atoms with Crippen molar-refractivity contribution in [2.24, 2.45) is 4.99 Å². The van der Waals surface area contributed by atoms with E-state index in [2.05, 4.69) is 4.99 Å². The van der Waals surface area contributed by atoms with Gasteiger partial charge in [-0.2, -0.15) is 13.2 Å². The van der Waals surface area contributed by atoms with E-state index in [0.29, 0.717) is 30.8 Å². The molecule has 1 saturated heterocycles. The van der Waals surface area contributed by atoms with Gasteiger partial charge in [0.25, 0.3) is 0 Å². The summed E-state index contributed by atoms with van der Waals surface area (Å²) in [7, 11) is 0. The highest BCUT2D eigenvalue weighted by Gasteiger charge is 2.38. The molecule has 0 amide bonds. The SMILES string of the molecule is FC(F)(F)C1=CC2=C3SC=CC=C3CC2=C2SC(c3ccc(C4OCCO4)cc3)=NCC2=C1. The minimum Gasteiger partial charge on any atom is -0.346 e. The zero-order valence-electron chi connectivity index (χ0n) is 17.3. The molecular formula is C25H18F3NO2S2. The van der Waals surface area contributed by atoms with Crippen LogP contribution in [0.1, 0.15) is 23.8 Å². The highest BCUT2D eigenvalue weighted by Crippen LogP contribution is 2.52. The van der Waals surface area contributed by atoms with Crippen LogP contribution in [0.3, 0.4) is 0 Å². The molecule has 33 heavy (non-hydrogen) atoms. The summed E-state index contributed by atoms with van der Waals surface area (Å²) in [6.07, 6.45) is 2.40. The Balaban J connectivity index is 1.39. The predicted octanol–water partition coefficient (Wildman–Crippen LogP) is 6.75. The van der Waals surface area contributed by atoms with Gasteiger partial charge in [0, 0.05) is 27.4 Å². The van der Waals surface area contributed by atoms with E-state index >= 15 is 0 Å². The standard InChI is InChI=1S/C25H18F3NO2S2/c26-25(27,28)18-10-17-13-29-23(14-3-5-15(6-4-14)24-30-7-8-31-24)33-22(17)19-11-16-2-1-9-32-21(16)20(19)12-18/h1-6,9-10,12,24H,7-8,11,13H2. The molecule has 3 heterocycles. The largest absolute Gasteiger partial charge is 0.416 e. The Morgan fingerprint density at radius 3 is 2.52 bits per heavy atom. The maximum atomic E-state index is 13.8. The highest BCUT2D eigenvalue weighted by molar-refractivity contribution is 8.18. The number of fused-ring (bicyclic) bond motifs is 3. The van der Waals surface area contributed by atoms with E-state index in [1.165, 1.54) is 35.7 Å². The van der Waals surface area contributed by atoms with Crippen molar-refractivity contribution in [2.75, 3.05) is 19.8 Å². The Hall–Kier alpha value is -2.26. The molecule has 0 atom stereocenters. The Kier molecular flexibility index (Phi) is 5.29. The first-order valence-corrected chi connectivity index (χ1v) is 12.2. The van der Waals surface area contributed by atoms with Crippen molar-refractivity contribution in [1.29, 1.82) is 0 Å². The summed E-state index contributed by atoms with van der Waals surface area (Å²) in [6, 6.07) is 7.86. The number of benzene rings is 1. The van der Waals surface area contributed by atoms with Crippen LogP contribution in [-0.2, 0) is 9.47 Å². The molecule has 2 aliphatic carbocycles. The van der Waals surface area contributed by atoms with Gasteiger partial charge in [-0.15, -0.1) is 0 Å². The Morgan fingerprint density at radius 1 is 0.970 bits per heavy atom. The van der Waals surface area contributed by atoms with Gasteiger partial charge in [0.15, 0.2) is 6.29 Å². The number of thioether (sulfide) groups is 2. The van der Waals surface area contributed by atoms with E-state index < -0.39 is 11.7 Å². The van der Waals surface area contributed by atoms with Crippen molar-refractivity contribution >= 4 is 28.6 Å². The number of nitrogens with zero attached hydrogens (tertiary/aromatic N) is 1. The fourth-order valence-electron chi connectivity index (χ4n) is 4.39. The van der Waals surface area contributed by atoms with Crippen LogP contribution in [-0.4, -0.2) is 31.0 Å². The van der Waals surface area contributed by atoms with Gasteiger partial charge in [0.05, 0.1) is 25.3 Å². The molecule has 0 saturated carbocycles. The van der Waals surface area contributed by atoms with Gasteiger partial charge in [-0.05, 0) is 39.9 Å². The van der Waals surface area contributed by atoms with Crippen molar-refractivity contribution in [3.05, 3.63) is 103 Å². The fourth-order valence-corrected chi connectivity index (χ4v) is 6.42. The average Bonchev–Trinajstić information content (AvgIpc) is 3.44. The monoisotopic (exact) mass is 485 g/mol. The Morgan fingerprint density at radius 2 is 1.76 bits per heavy atom. The zero-order chi connectivity index (χ0) is 22.6. The summed E-state index contributed by atoms with van der Waals surface area (Å²) in [6.45, 7) is 1.38. The zero-order valence-corrected chi connectivity index (χ0v) is 18.9. The minimum atomic E-state index is -4.42. The number of ether oxygens (including phenoxy) is 2. The number of alkyl halides is 3. The molecular weight excluding hydrogens is 467 g/mol. The van der Waals surface area contributed by atoms with E-state index in [1.807, 2.05) is 41.8 Å². The van der Waals surface area contributed by atoms with E-state index in [-0.39, 0.29) is 12.8 Å². The number of rotatable bonds is 2. The molecule has 1 fully saturated rings. The second-order valence-electron chi connectivity index (χ2n) is 8.05. The third-order valence-electron chi connectivity index (χ3n) is 5.96. The first-order chi connectivity index (χ1) is 16.0. The lowest BCUT2D eigenvalue weighted by Crippen LogP contribution is -2.12. The third-order valence-corrected chi connectivity index (χ3v) is 8.24. The van der Waals surface area contributed by atoms with Gasteiger partial charge in [0.2, 0.25) is 0 Å². The quantitative estimate of drug-likeness (QED) is 0.464. The van der Waals surface area contributed by atoms with Crippen LogP contribution >= 0.6 is 23.5 Å². The van der Waals surface area contributed by atoms with Crippen molar-refractivity contribution < 1.29 is 22.6 Å². The van der Waals surface area contributed by atoms with Crippen LogP contribution in [0.2, 0.25) is 0 Å². The highest BCUT2D eigenvalue weighted by atomic mass is 32.2. The second kappa shape index (κ2) is 8.20. The van der Waals surface area contributed by atoms with Gasteiger partial charge in [-0.25, -0.2) is 0 Å². The molecule has 0 aromatic heterocycles. The lowest BCUT2D eigenvalue weighted by Gasteiger charge is -2.21. The van der Waals surface area contributed by atoms with Crippen LogP contribution in [0.4, 0.5) is 13.2 Å². The van der Waals surface area contributed by atoms with Crippen LogP contribution in [0.15, 0.2) is 96.6 Å². The van der Waals surface area contributed by atoms with Crippen molar-refractivity contribution in [1.82, 2.24) is 0 Å². The van der Waals surface area contributed by atoms with Crippen LogP contribution in [0.5, 0.6) is 0 Å². The summed E-state index contributed by atoms with van der Waals surface area (Å²) < 4.78 is 52.6. The Bertz CT molecular complexity index is 1240. The summed E-state index contributed by atoms with van der Waals surface area (Å²) in [5.41, 5.74) is 4.59. The molecule has 0 unspecified atom stereocenters. The molecule has 0 bridgehead atoms.